The maximum absolute atomic E-state index is 12.9. The molecule has 6 heteroatoms. The zero-order chi connectivity index (χ0) is 10.0. The summed E-state index contributed by atoms with van der Waals surface area (Å²) in [4.78, 5) is 3.35. The summed E-state index contributed by atoms with van der Waals surface area (Å²) in [5.41, 5.74) is -0.473. The highest BCUT2D eigenvalue weighted by Crippen LogP contribution is 2.31. The molecule has 0 radical (unpaired) electrons. The number of rotatable bonds is 2. The first-order valence-corrected chi connectivity index (χ1v) is 4.32. The minimum Gasteiger partial charge on any atom is -0.492 e. The lowest BCUT2D eigenvalue weighted by Gasteiger charge is -2.07. The molecule has 1 aromatic rings. The number of hydrogen-bond donors (Lipinski definition) is 0. The van der Waals surface area contributed by atoms with Crippen LogP contribution in [0.1, 0.15) is 12.0 Å². The number of aromatic nitrogens is 1. The Labute approximate surface area is 86.3 Å². The SMILES string of the molecule is COc1c(C(F)F)cc(I)nc1F. The second-order valence-corrected chi connectivity index (χ2v) is 3.26. The van der Waals surface area contributed by atoms with Crippen molar-refractivity contribution in [2.75, 3.05) is 7.11 Å². The lowest BCUT2D eigenvalue weighted by atomic mass is 10.2. The van der Waals surface area contributed by atoms with Crippen LogP contribution in [0.5, 0.6) is 5.75 Å². The van der Waals surface area contributed by atoms with Crippen LogP contribution in [0.4, 0.5) is 13.2 Å². The second kappa shape index (κ2) is 4.12. The van der Waals surface area contributed by atoms with E-state index in [-0.39, 0.29) is 3.70 Å². The molecule has 1 heterocycles. The van der Waals surface area contributed by atoms with Crippen LogP contribution in [-0.2, 0) is 0 Å². The van der Waals surface area contributed by atoms with Crippen LogP contribution in [0, 0.1) is 9.65 Å². The topological polar surface area (TPSA) is 22.1 Å². The number of pyridine rings is 1. The van der Waals surface area contributed by atoms with E-state index in [1.165, 1.54) is 0 Å². The van der Waals surface area contributed by atoms with Gasteiger partial charge in [0, 0.05) is 0 Å². The molecule has 0 saturated carbocycles. The molecule has 0 atom stereocenters. The predicted molar refractivity (Wildman–Crippen MR) is 48.4 cm³/mol. The molecular weight excluding hydrogens is 298 g/mol. The van der Waals surface area contributed by atoms with Gasteiger partial charge in [-0.05, 0) is 28.7 Å². The first-order valence-electron chi connectivity index (χ1n) is 3.24. The Morgan fingerprint density at radius 1 is 1.54 bits per heavy atom. The molecule has 1 rings (SSSR count). The summed E-state index contributed by atoms with van der Waals surface area (Å²) < 4.78 is 42.1. The first kappa shape index (κ1) is 10.6. The van der Waals surface area contributed by atoms with Crippen molar-refractivity contribution in [2.24, 2.45) is 0 Å². The van der Waals surface area contributed by atoms with Gasteiger partial charge in [0.25, 0.3) is 12.4 Å². The smallest absolute Gasteiger partial charge is 0.267 e. The van der Waals surface area contributed by atoms with Crippen molar-refractivity contribution in [3.8, 4) is 5.75 Å². The van der Waals surface area contributed by atoms with Gasteiger partial charge in [-0.15, -0.1) is 0 Å². The van der Waals surface area contributed by atoms with Crippen LogP contribution in [0.15, 0.2) is 6.07 Å². The zero-order valence-electron chi connectivity index (χ0n) is 6.52. The molecule has 0 fully saturated rings. The molecule has 0 aliphatic rings. The summed E-state index contributed by atoms with van der Waals surface area (Å²) in [7, 11) is 1.12. The Balaban J connectivity index is 3.29. The average molecular weight is 303 g/mol. The van der Waals surface area contributed by atoms with Crippen LogP contribution in [0.25, 0.3) is 0 Å². The lowest BCUT2D eigenvalue weighted by Crippen LogP contribution is -2.00. The maximum atomic E-state index is 12.9. The van der Waals surface area contributed by atoms with Crippen LogP contribution in [0.3, 0.4) is 0 Å². The fraction of sp³-hybridized carbons (Fsp3) is 0.286. The van der Waals surface area contributed by atoms with Gasteiger partial charge in [0.1, 0.15) is 3.70 Å². The Morgan fingerprint density at radius 2 is 2.15 bits per heavy atom. The predicted octanol–water partition coefficient (Wildman–Crippen LogP) is 2.77. The van der Waals surface area contributed by atoms with E-state index in [9.17, 15) is 13.2 Å². The van der Waals surface area contributed by atoms with Crippen molar-refractivity contribution in [3.63, 3.8) is 0 Å². The molecule has 0 unspecified atom stereocenters. The van der Waals surface area contributed by atoms with Crippen LogP contribution in [0.2, 0.25) is 0 Å². The normalized spacial score (nSPS) is 10.6. The van der Waals surface area contributed by atoms with Crippen molar-refractivity contribution in [2.45, 2.75) is 6.43 Å². The van der Waals surface area contributed by atoms with Gasteiger partial charge in [-0.2, -0.15) is 4.39 Å². The van der Waals surface area contributed by atoms with E-state index in [1.807, 2.05) is 0 Å². The summed E-state index contributed by atoms with van der Waals surface area (Å²) >= 11 is 1.66. The maximum Gasteiger partial charge on any atom is 0.267 e. The molecule has 2 nitrogen and oxygen atoms in total. The van der Waals surface area contributed by atoms with Crippen LogP contribution >= 0.6 is 22.6 Å². The van der Waals surface area contributed by atoms with Crippen molar-refractivity contribution in [1.82, 2.24) is 4.98 Å². The second-order valence-electron chi connectivity index (χ2n) is 2.16. The van der Waals surface area contributed by atoms with Gasteiger partial charge in [0.2, 0.25) is 0 Å². The van der Waals surface area contributed by atoms with Gasteiger partial charge in [0.05, 0.1) is 12.7 Å². The zero-order valence-corrected chi connectivity index (χ0v) is 8.68. The Hall–Kier alpha value is -0.530. The van der Waals surface area contributed by atoms with Crippen LogP contribution < -0.4 is 4.74 Å². The summed E-state index contributed by atoms with van der Waals surface area (Å²) in [6, 6.07) is 1.09. The molecule has 0 aromatic carbocycles. The van der Waals surface area contributed by atoms with Gasteiger partial charge in [0.15, 0.2) is 5.75 Å². The third kappa shape index (κ3) is 2.23. The molecule has 0 saturated heterocycles. The molecule has 0 amide bonds. The molecule has 0 spiro atoms. The monoisotopic (exact) mass is 303 g/mol. The first-order chi connectivity index (χ1) is 6.06. The number of methoxy groups -OCH3 is 1. The lowest BCUT2D eigenvalue weighted by molar-refractivity contribution is 0.145. The number of alkyl halides is 2. The van der Waals surface area contributed by atoms with Crippen molar-refractivity contribution in [1.29, 1.82) is 0 Å². The summed E-state index contributed by atoms with van der Waals surface area (Å²) in [5, 5.41) is 0. The van der Waals surface area contributed by atoms with E-state index >= 15 is 0 Å². The highest BCUT2D eigenvalue weighted by Gasteiger charge is 2.19. The summed E-state index contributed by atoms with van der Waals surface area (Å²) in [5.74, 6) is -1.50. The summed E-state index contributed by atoms with van der Waals surface area (Å²) in [6.45, 7) is 0. The van der Waals surface area contributed by atoms with E-state index in [0.29, 0.717) is 0 Å². The van der Waals surface area contributed by atoms with E-state index in [2.05, 4.69) is 9.72 Å². The minimum absolute atomic E-state index is 0.172. The number of halogens is 4. The fourth-order valence-electron chi connectivity index (χ4n) is 0.854. The number of nitrogens with zero attached hydrogens (tertiary/aromatic N) is 1. The van der Waals surface area contributed by atoms with Gasteiger partial charge in [-0.3, -0.25) is 0 Å². The van der Waals surface area contributed by atoms with Gasteiger partial charge >= 0.3 is 0 Å². The molecule has 72 valence electrons. The molecule has 13 heavy (non-hydrogen) atoms. The van der Waals surface area contributed by atoms with E-state index in [4.69, 9.17) is 0 Å². The van der Waals surface area contributed by atoms with Crippen LogP contribution in [-0.4, -0.2) is 12.1 Å². The molecule has 0 bridgehead atoms. The van der Waals surface area contributed by atoms with E-state index in [1.54, 1.807) is 22.6 Å². The minimum atomic E-state index is -2.76. The quantitative estimate of drug-likeness (QED) is 0.619. The van der Waals surface area contributed by atoms with E-state index in [0.717, 1.165) is 13.2 Å². The molecule has 0 N–H and O–H groups in total. The van der Waals surface area contributed by atoms with Crippen molar-refractivity contribution < 1.29 is 17.9 Å². The Morgan fingerprint density at radius 3 is 2.62 bits per heavy atom. The van der Waals surface area contributed by atoms with Gasteiger partial charge < -0.3 is 4.74 Å². The van der Waals surface area contributed by atoms with Gasteiger partial charge in [-0.25, -0.2) is 13.8 Å². The molecule has 0 aliphatic heterocycles. The average Bonchev–Trinajstić information content (AvgIpc) is 2.02. The largest absolute Gasteiger partial charge is 0.492 e. The Bertz CT molecular complexity index is 319. The van der Waals surface area contributed by atoms with Crippen molar-refractivity contribution in [3.05, 3.63) is 21.3 Å². The third-order valence-electron chi connectivity index (χ3n) is 1.37. The molecule has 0 aliphatic carbocycles. The number of ether oxygens (including phenoxy) is 1. The summed E-state index contributed by atoms with van der Waals surface area (Å²) in [6.07, 6.45) is -2.76. The van der Waals surface area contributed by atoms with Crippen molar-refractivity contribution >= 4 is 22.6 Å². The standard InChI is InChI=1S/C7H5F3INO/c1-13-5-3(6(8)9)2-4(11)12-7(5)10/h2,6H,1H3. The number of hydrogen-bond acceptors (Lipinski definition) is 2. The van der Waals surface area contributed by atoms with E-state index < -0.39 is 23.7 Å². The van der Waals surface area contributed by atoms with Gasteiger partial charge in [-0.1, -0.05) is 0 Å². The fourth-order valence-corrected chi connectivity index (χ4v) is 1.40. The highest BCUT2D eigenvalue weighted by molar-refractivity contribution is 14.1. The third-order valence-corrected chi connectivity index (χ3v) is 1.92. The molecular formula is C7H5F3INO. The molecule has 1 aromatic heterocycles. The highest BCUT2D eigenvalue weighted by atomic mass is 127. The Kier molecular flexibility index (Phi) is 3.34.